The molecule has 88 valence electrons. The van der Waals surface area contributed by atoms with Crippen LogP contribution < -0.4 is 9.64 Å². The number of epoxide rings is 1. The molecular formula is C10H15N3O2S. The molecule has 0 amide bonds. The summed E-state index contributed by atoms with van der Waals surface area (Å²) in [6.45, 7) is 3.56. The van der Waals surface area contributed by atoms with Gasteiger partial charge < -0.3 is 14.4 Å². The highest BCUT2D eigenvalue weighted by Crippen LogP contribution is 2.28. The third kappa shape index (κ3) is 2.27. The van der Waals surface area contributed by atoms with E-state index in [4.69, 9.17) is 9.47 Å². The van der Waals surface area contributed by atoms with Crippen molar-refractivity contribution < 1.29 is 9.47 Å². The van der Waals surface area contributed by atoms with Gasteiger partial charge in [0, 0.05) is 13.1 Å². The van der Waals surface area contributed by atoms with E-state index < -0.39 is 0 Å². The van der Waals surface area contributed by atoms with Gasteiger partial charge in [0.15, 0.2) is 0 Å². The first-order valence-corrected chi connectivity index (χ1v) is 6.48. The van der Waals surface area contributed by atoms with Gasteiger partial charge in [-0.05, 0) is 19.3 Å². The molecule has 2 aliphatic rings. The second-order valence-electron chi connectivity index (χ2n) is 4.21. The van der Waals surface area contributed by atoms with Crippen LogP contribution in [0.5, 0.6) is 5.88 Å². The molecular weight excluding hydrogens is 226 g/mol. The monoisotopic (exact) mass is 241 g/mol. The lowest BCUT2D eigenvalue weighted by atomic mass is 10.1. The third-order valence-electron chi connectivity index (χ3n) is 2.91. The topological polar surface area (TPSA) is 50.8 Å². The van der Waals surface area contributed by atoms with E-state index in [9.17, 15) is 0 Å². The lowest BCUT2D eigenvalue weighted by Gasteiger charge is -2.26. The fourth-order valence-electron chi connectivity index (χ4n) is 1.90. The van der Waals surface area contributed by atoms with E-state index in [1.54, 1.807) is 0 Å². The molecule has 1 aromatic heterocycles. The molecule has 1 atom stereocenters. The Hall–Kier alpha value is -0.880. The lowest BCUT2D eigenvalue weighted by Crippen LogP contribution is -2.30. The van der Waals surface area contributed by atoms with Crippen LogP contribution >= 0.6 is 11.7 Å². The summed E-state index contributed by atoms with van der Waals surface area (Å²) >= 11 is 1.22. The van der Waals surface area contributed by atoms with Crippen molar-refractivity contribution in [2.75, 3.05) is 31.2 Å². The minimum absolute atomic E-state index is 0.274. The second kappa shape index (κ2) is 4.55. The zero-order chi connectivity index (χ0) is 10.8. The zero-order valence-electron chi connectivity index (χ0n) is 9.09. The van der Waals surface area contributed by atoms with E-state index in [-0.39, 0.29) is 6.10 Å². The Kier molecular flexibility index (Phi) is 2.92. The summed E-state index contributed by atoms with van der Waals surface area (Å²) in [5.41, 5.74) is 0. The number of hydrogen-bond donors (Lipinski definition) is 0. The van der Waals surface area contributed by atoms with Crippen molar-refractivity contribution in [1.82, 2.24) is 8.75 Å². The molecule has 0 aromatic carbocycles. The van der Waals surface area contributed by atoms with Crippen LogP contribution in [0.25, 0.3) is 0 Å². The molecule has 2 aliphatic heterocycles. The van der Waals surface area contributed by atoms with Gasteiger partial charge in [-0.25, -0.2) is 0 Å². The lowest BCUT2D eigenvalue weighted by molar-refractivity contribution is 0.257. The summed E-state index contributed by atoms with van der Waals surface area (Å²) in [4.78, 5) is 2.27. The molecule has 0 unspecified atom stereocenters. The predicted octanol–water partition coefficient (Wildman–Crippen LogP) is 1.31. The molecule has 1 aromatic rings. The maximum absolute atomic E-state index is 5.62. The van der Waals surface area contributed by atoms with Crippen molar-refractivity contribution in [3.05, 3.63) is 0 Å². The Morgan fingerprint density at radius 3 is 2.88 bits per heavy atom. The minimum atomic E-state index is 0.274. The summed E-state index contributed by atoms with van der Waals surface area (Å²) in [5, 5.41) is 0. The molecule has 0 radical (unpaired) electrons. The average molecular weight is 241 g/mol. The Morgan fingerprint density at radius 2 is 2.12 bits per heavy atom. The number of ether oxygens (including phenoxy) is 2. The van der Waals surface area contributed by atoms with E-state index in [0.717, 1.165) is 25.5 Å². The van der Waals surface area contributed by atoms with Crippen LogP contribution in [0.3, 0.4) is 0 Å². The first-order chi connectivity index (χ1) is 7.93. The highest BCUT2D eigenvalue weighted by atomic mass is 32.1. The summed E-state index contributed by atoms with van der Waals surface area (Å²) < 4.78 is 19.3. The molecule has 0 saturated carbocycles. The molecule has 5 nitrogen and oxygen atoms in total. The Balaban J connectivity index is 1.65. The second-order valence-corrected chi connectivity index (χ2v) is 4.74. The first kappa shape index (κ1) is 10.3. The van der Waals surface area contributed by atoms with Crippen molar-refractivity contribution in [3.63, 3.8) is 0 Å². The smallest absolute Gasteiger partial charge is 0.270 e. The number of piperidine rings is 1. The molecule has 3 rings (SSSR count). The number of nitrogens with zero attached hydrogens (tertiary/aromatic N) is 3. The van der Waals surface area contributed by atoms with Gasteiger partial charge in [-0.2, -0.15) is 4.37 Å². The number of aromatic nitrogens is 2. The van der Waals surface area contributed by atoms with Gasteiger partial charge >= 0.3 is 0 Å². The molecule has 0 N–H and O–H groups in total. The molecule has 0 bridgehead atoms. The Labute approximate surface area is 98.7 Å². The van der Waals surface area contributed by atoms with Crippen LogP contribution in [0.2, 0.25) is 0 Å². The van der Waals surface area contributed by atoms with Crippen LogP contribution in [0, 0.1) is 0 Å². The maximum Gasteiger partial charge on any atom is 0.270 e. The maximum atomic E-state index is 5.62. The van der Waals surface area contributed by atoms with Gasteiger partial charge in [0.05, 0.1) is 18.3 Å². The molecule has 0 spiro atoms. The van der Waals surface area contributed by atoms with E-state index in [0.29, 0.717) is 12.5 Å². The molecule has 3 heterocycles. The third-order valence-corrected chi connectivity index (χ3v) is 3.41. The van der Waals surface area contributed by atoms with Gasteiger partial charge in [0.2, 0.25) is 5.82 Å². The summed E-state index contributed by atoms with van der Waals surface area (Å²) in [7, 11) is 0. The van der Waals surface area contributed by atoms with Crippen LogP contribution in [-0.2, 0) is 4.74 Å². The van der Waals surface area contributed by atoms with Gasteiger partial charge in [-0.1, -0.05) is 0 Å². The summed E-state index contributed by atoms with van der Waals surface area (Å²) in [6.07, 6.45) is 4.07. The SMILES string of the molecule is C1CCN(c2nsnc2OC[C@@H]2CO2)CC1. The van der Waals surface area contributed by atoms with Gasteiger partial charge in [0.25, 0.3) is 5.88 Å². The molecule has 16 heavy (non-hydrogen) atoms. The molecule has 0 aliphatic carbocycles. The molecule has 2 saturated heterocycles. The van der Waals surface area contributed by atoms with Gasteiger partial charge in [0.1, 0.15) is 12.7 Å². The van der Waals surface area contributed by atoms with E-state index >= 15 is 0 Å². The molecule has 6 heteroatoms. The van der Waals surface area contributed by atoms with E-state index in [2.05, 4.69) is 13.6 Å². The fourth-order valence-corrected chi connectivity index (χ4v) is 2.42. The minimum Gasteiger partial charge on any atom is -0.472 e. The van der Waals surface area contributed by atoms with Crippen molar-refractivity contribution in [2.24, 2.45) is 0 Å². The first-order valence-electron chi connectivity index (χ1n) is 5.75. The van der Waals surface area contributed by atoms with E-state index in [1.165, 1.54) is 31.0 Å². The van der Waals surface area contributed by atoms with Gasteiger partial charge in [-0.3, -0.25) is 0 Å². The van der Waals surface area contributed by atoms with Crippen molar-refractivity contribution in [2.45, 2.75) is 25.4 Å². The normalized spacial score (nSPS) is 24.5. The average Bonchev–Trinajstić information content (AvgIpc) is 3.05. The quantitative estimate of drug-likeness (QED) is 0.744. The molecule has 2 fully saturated rings. The summed E-state index contributed by atoms with van der Waals surface area (Å²) in [6, 6.07) is 0. The van der Waals surface area contributed by atoms with Crippen molar-refractivity contribution >= 4 is 17.5 Å². The standard InChI is InChI=1S/C10H15N3O2S/c1-2-4-13(5-3-1)9-10(12-16-11-9)15-7-8-6-14-8/h8H,1-7H2/t8-/m0/s1. The van der Waals surface area contributed by atoms with Crippen molar-refractivity contribution in [3.8, 4) is 5.88 Å². The van der Waals surface area contributed by atoms with Gasteiger partial charge in [-0.15, -0.1) is 4.37 Å². The van der Waals surface area contributed by atoms with Crippen LogP contribution in [0.4, 0.5) is 5.82 Å². The zero-order valence-corrected chi connectivity index (χ0v) is 9.91. The van der Waals surface area contributed by atoms with Crippen LogP contribution in [0.1, 0.15) is 19.3 Å². The van der Waals surface area contributed by atoms with E-state index in [1.807, 2.05) is 0 Å². The van der Waals surface area contributed by atoms with Crippen molar-refractivity contribution in [1.29, 1.82) is 0 Å². The number of anilines is 1. The fraction of sp³-hybridized carbons (Fsp3) is 0.800. The van der Waals surface area contributed by atoms with Crippen LogP contribution in [0.15, 0.2) is 0 Å². The highest BCUT2D eigenvalue weighted by molar-refractivity contribution is 6.99. The Morgan fingerprint density at radius 1 is 1.31 bits per heavy atom. The highest BCUT2D eigenvalue weighted by Gasteiger charge is 2.25. The van der Waals surface area contributed by atoms with Crippen LogP contribution in [-0.4, -0.2) is 41.2 Å². The summed E-state index contributed by atoms with van der Waals surface area (Å²) in [5.74, 6) is 1.60. The largest absolute Gasteiger partial charge is 0.472 e. The number of hydrogen-bond acceptors (Lipinski definition) is 6. The Bertz CT molecular complexity index is 348. The number of rotatable bonds is 4. The predicted molar refractivity (Wildman–Crippen MR) is 61.2 cm³/mol.